The topological polar surface area (TPSA) is 26.0 Å². The molecule has 0 spiro atoms. The van der Waals surface area contributed by atoms with Gasteiger partial charge in [0.1, 0.15) is 5.52 Å². The first-order valence-electron chi connectivity index (χ1n) is 17.1. The van der Waals surface area contributed by atoms with Crippen molar-refractivity contribution in [2.75, 3.05) is 0 Å². The summed E-state index contributed by atoms with van der Waals surface area (Å²) in [6, 6.07) is 34.5. The average Bonchev–Trinajstić information content (AvgIpc) is 3.59. The van der Waals surface area contributed by atoms with E-state index >= 15 is 0 Å². The van der Waals surface area contributed by atoms with Gasteiger partial charge in [0.05, 0.1) is 16.7 Å². The summed E-state index contributed by atoms with van der Waals surface area (Å²) < 4.78 is 130. The Morgan fingerprint density at radius 3 is 1.43 bits per heavy atom. The molecule has 8 aromatic rings. The molecule has 2 nitrogen and oxygen atoms in total. The molecule has 0 aliphatic carbocycles. The molecule has 0 amide bonds. The number of rotatable bonds is 5. The van der Waals surface area contributed by atoms with Gasteiger partial charge < -0.3 is 4.42 Å². The van der Waals surface area contributed by atoms with Crippen LogP contribution in [0.4, 0.5) is 39.5 Å². The summed E-state index contributed by atoms with van der Waals surface area (Å²) in [5, 5.41) is 1.61. The number of nitrogens with zero attached hydrogens (tertiary/aromatic N) is 1. The molecule has 1 aromatic heterocycles. The summed E-state index contributed by atoms with van der Waals surface area (Å²) in [6.07, 6.45) is -14.9. The third-order valence-corrected chi connectivity index (χ3v) is 9.56. The minimum atomic E-state index is -5.10. The molecule has 7 aromatic carbocycles. The van der Waals surface area contributed by atoms with Crippen molar-refractivity contribution in [3.05, 3.63) is 162 Å². The van der Waals surface area contributed by atoms with Crippen molar-refractivity contribution < 1.29 is 43.9 Å². The molecule has 1 heterocycles. The summed E-state index contributed by atoms with van der Waals surface area (Å²) in [5.74, 6) is 0.498. The SMILES string of the molecule is Cc1ccc2nc(-c3ccc(-c4ccc5cc(-c6cc(-c7cccc(C(F)(F)F)c7)cc(-c7cc(C(F)(F)F)cc(C(F)(F)F)c7)c6)ccc5c4)cc3)oc2c1. The van der Waals surface area contributed by atoms with Gasteiger partial charge in [0.25, 0.3) is 0 Å². The maximum Gasteiger partial charge on any atom is 0.416 e. The number of benzene rings is 7. The van der Waals surface area contributed by atoms with E-state index in [4.69, 9.17) is 4.42 Å². The second-order valence-corrected chi connectivity index (χ2v) is 13.5. The van der Waals surface area contributed by atoms with Crippen LogP contribution < -0.4 is 0 Å². The quantitative estimate of drug-likeness (QED) is 0.163. The molecule has 0 aliphatic rings. The van der Waals surface area contributed by atoms with E-state index in [1.807, 2.05) is 73.7 Å². The van der Waals surface area contributed by atoms with E-state index in [-0.39, 0.29) is 22.8 Å². The third-order valence-electron chi connectivity index (χ3n) is 9.56. The van der Waals surface area contributed by atoms with E-state index in [9.17, 15) is 39.5 Å². The zero-order valence-corrected chi connectivity index (χ0v) is 29.0. The van der Waals surface area contributed by atoms with E-state index in [2.05, 4.69) is 4.98 Å². The molecule has 0 aliphatic heterocycles. The molecule has 8 rings (SSSR count). The fourth-order valence-electron chi connectivity index (χ4n) is 6.69. The molecule has 11 heteroatoms. The molecule has 0 saturated carbocycles. The normalized spacial score (nSPS) is 12.5. The molecule has 280 valence electrons. The fourth-order valence-corrected chi connectivity index (χ4v) is 6.69. The van der Waals surface area contributed by atoms with Gasteiger partial charge in [-0.25, -0.2) is 4.98 Å². The van der Waals surface area contributed by atoms with Crippen LogP contribution in [0.3, 0.4) is 0 Å². The predicted molar refractivity (Wildman–Crippen MR) is 198 cm³/mol. The zero-order chi connectivity index (χ0) is 39.6. The highest BCUT2D eigenvalue weighted by molar-refractivity contribution is 5.92. The van der Waals surface area contributed by atoms with Gasteiger partial charge in [-0.2, -0.15) is 39.5 Å². The van der Waals surface area contributed by atoms with Crippen LogP contribution >= 0.6 is 0 Å². The van der Waals surface area contributed by atoms with Crippen molar-refractivity contribution in [1.29, 1.82) is 0 Å². The predicted octanol–water partition coefficient (Wildman–Crippen LogP) is 14.7. The lowest BCUT2D eigenvalue weighted by Crippen LogP contribution is -2.11. The Morgan fingerprint density at radius 1 is 0.393 bits per heavy atom. The van der Waals surface area contributed by atoms with Crippen LogP contribution in [0.15, 0.2) is 144 Å². The standard InChI is InChI=1S/C45H26F9NO/c1-25-5-14-40-41(15-25)56-42(55-40)27-8-6-26(7-9-27)29-10-11-31-17-32(13-12-30(31)16-29)34-18-33(28-3-2-4-37(21-28)43(46,47)48)19-35(20-34)36-22-38(44(49,50)51)24-39(23-36)45(52,53)54/h2-24H,1H3. The highest BCUT2D eigenvalue weighted by atomic mass is 19.4. The molecular weight excluding hydrogens is 741 g/mol. The lowest BCUT2D eigenvalue weighted by atomic mass is 9.90. The minimum absolute atomic E-state index is 0.0334. The van der Waals surface area contributed by atoms with Gasteiger partial charge in [-0.15, -0.1) is 0 Å². The number of aryl methyl sites for hydroxylation is 1. The monoisotopic (exact) mass is 767 g/mol. The second kappa shape index (κ2) is 13.4. The lowest BCUT2D eigenvalue weighted by Gasteiger charge is -2.17. The van der Waals surface area contributed by atoms with Gasteiger partial charge in [-0.3, -0.25) is 0 Å². The first kappa shape index (κ1) is 36.6. The van der Waals surface area contributed by atoms with Crippen LogP contribution in [-0.2, 0) is 18.5 Å². The molecule has 0 radical (unpaired) electrons. The van der Waals surface area contributed by atoms with E-state index in [0.717, 1.165) is 50.7 Å². The zero-order valence-electron chi connectivity index (χ0n) is 29.0. The van der Waals surface area contributed by atoms with Gasteiger partial charge in [0.2, 0.25) is 5.89 Å². The van der Waals surface area contributed by atoms with E-state index < -0.39 is 40.8 Å². The maximum atomic E-state index is 13.8. The van der Waals surface area contributed by atoms with Crippen LogP contribution in [0.1, 0.15) is 22.3 Å². The van der Waals surface area contributed by atoms with Crippen LogP contribution in [-0.4, -0.2) is 4.98 Å². The highest BCUT2D eigenvalue weighted by Crippen LogP contribution is 2.42. The lowest BCUT2D eigenvalue weighted by molar-refractivity contribution is -0.143. The summed E-state index contributed by atoms with van der Waals surface area (Å²) in [4.78, 5) is 4.58. The van der Waals surface area contributed by atoms with Crippen LogP contribution in [0.2, 0.25) is 0 Å². The van der Waals surface area contributed by atoms with Crippen LogP contribution in [0.5, 0.6) is 0 Å². The molecular formula is C45H26F9NO. The Balaban J connectivity index is 1.19. The van der Waals surface area contributed by atoms with Gasteiger partial charge in [0.15, 0.2) is 5.58 Å². The average molecular weight is 768 g/mol. The minimum Gasteiger partial charge on any atom is -0.436 e. The van der Waals surface area contributed by atoms with Gasteiger partial charge in [0, 0.05) is 5.56 Å². The molecule has 0 bridgehead atoms. The van der Waals surface area contributed by atoms with Crippen molar-refractivity contribution in [1.82, 2.24) is 4.98 Å². The Morgan fingerprint density at radius 2 is 0.857 bits per heavy atom. The summed E-state index contributed by atoms with van der Waals surface area (Å²) in [6.45, 7) is 1.97. The van der Waals surface area contributed by atoms with Gasteiger partial charge in [-0.05, 0) is 153 Å². The smallest absolute Gasteiger partial charge is 0.416 e. The molecule has 0 saturated heterocycles. The number of fused-ring (bicyclic) bond motifs is 2. The molecule has 0 unspecified atom stereocenters. The Hall–Kier alpha value is -6.36. The Bertz CT molecular complexity index is 2740. The Kier molecular flexibility index (Phi) is 8.78. The highest BCUT2D eigenvalue weighted by Gasteiger charge is 2.37. The number of oxazole rings is 1. The number of hydrogen-bond acceptors (Lipinski definition) is 2. The first-order chi connectivity index (χ1) is 26.5. The molecule has 56 heavy (non-hydrogen) atoms. The van der Waals surface area contributed by atoms with Crippen LogP contribution in [0.25, 0.3) is 77.8 Å². The van der Waals surface area contributed by atoms with Gasteiger partial charge in [-0.1, -0.05) is 54.6 Å². The van der Waals surface area contributed by atoms with Gasteiger partial charge >= 0.3 is 18.5 Å². The largest absolute Gasteiger partial charge is 0.436 e. The molecule has 0 N–H and O–H groups in total. The summed E-state index contributed by atoms with van der Waals surface area (Å²) in [7, 11) is 0. The van der Waals surface area contributed by atoms with E-state index in [0.29, 0.717) is 34.7 Å². The maximum absolute atomic E-state index is 13.8. The molecule has 0 atom stereocenters. The van der Waals surface area contributed by atoms with E-state index in [1.54, 1.807) is 18.2 Å². The van der Waals surface area contributed by atoms with Crippen LogP contribution in [0, 0.1) is 6.92 Å². The van der Waals surface area contributed by atoms with Crippen molar-refractivity contribution in [3.8, 4) is 56.0 Å². The molecule has 0 fully saturated rings. The summed E-state index contributed by atoms with van der Waals surface area (Å²) >= 11 is 0. The van der Waals surface area contributed by atoms with Crippen molar-refractivity contribution in [3.63, 3.8) is 0 Å². The Labute approximate surface area is 313 Å². The second-order valence-electron chi connectivity index (χ2n) is 13.5. The number of aromatic nitrogens is 1. The number of halogens is 9. The fraction of sp³-hybridized carbons (Fsp3) is 0.0889. The number of alkyl halides is 9. The van der Waals surface area contributed by atoms with Crippen molar-refractivity contribution in [2.24, 2.45) is 0 Å². The first-order valence-corrected chi connectivity index (χ1v) is 17.1. The van der Waals surface area contributed by atoms with Crippen molar-refractivity contribution >= 4 is 21.9 Å². The van der Waals surface area contributed by atoms with E-state index in [1.165, 1.54) is 24.3 Å². The van der Waals surface area contributed by atoms with Crippen molar-refractivity contribution in [2.45, 2.75) is 25.5 Å². The number of hydrogen-bond donors (Lipinski definition) is 0. The summed E-state index contributed by atoms with van der Waals surface area (Å²) in [5.41, 5.74) is 1.89. The third kappa shape index (κ3) is 7.36.